The second-order valence-electron chi connectivity index (χ2n) is 22.5. The van der Waals surface area contributed by atoms with Gasteiger partial charge in [0.2, 0.25) is 0 Å². The Bertz CT molecular complexity index is 2630. The third-order valence-corrected chi connectivity index (χ3v) is 18.5. The number of thioether (sulfide) groups is 1. The first-order chi connectivity index (χ1) is 31.5. The van der Waals surface area contributed by atoms with Gasteiger partial charge in [0.15, 0.2) is 10.5 Å². The molecule has 3 aliphatic heterocycles. The lowest BCUT2D eigenvalue weighted by atomic mass is 9.52. The van der Waals surface area contributed by atoms with E-state index < -0.39 is 5.60 Å². The molecule has 0 bridgehead atoms. The molecule has 1 spiro atoms. The molecule has 65 heavy (non-hydrogen) atoms. The van der Waals surface area contributed by atoms with Crippen LogP contribution >= 0.6 is 11.8 Å². The van der Waals surface area contributed by atoms with Gasteiger partial charge in [0.1, 0.15) is 17.2 Å². The number of morpholine rings is 1. The van der Waals surface area contributed by atoms with E-state index in [9.17, 15) is 0 Å². The van der Waals surface area contributed by atoms with Gasteiger partial charge < -0.3 is 23.8 Å². The summed E-state index contributed by atoms with van der Waals surface area (Å²) in [5.74, 6) is 4.01. The molecule has 5 nitrogen and oxygen atoms in total. The van der Waals surface area contributed by atoms with Crippen LogP contribution in [0.3, 0.4) is 0 Å². The number of methoxy groups -OCH3 is 1. The number of hydrogen-bond acceptors (Lipinski definition) is 6. The minimum atomic E-state index is -0.893. The Balaban J connectivity index is 1.11. The van der Waals surface area contributed by atoms with E-state index in [2.05, 4.69) is 141 Å². The minimum absolute atomic E-state index is 0.147. The van der Waals surface area contributed by atoms with Crippen LogP contribution in [0.5, 0.6) is 17.2 Å². The maximum Gasteiger partial charge on any atom is 0.178 e. The zero-order valence-electron chi connectivity index (χ0n) is 39.4. The molecule has 5 aromatic rings. The largest absolute Gasteiger partial charge is 0.497 e. The fourth-order valence-electron chi connectivity index (χ4n) is 14.9. The molecule has 7 aliphatic rings. The Kier molecular flexibility index (Phi) is 10.1. The van der Waals surface area contributed by atoms with Crippen LogP contribution in [0.2, 0.25) is 0 Å². The van der Waals surface area contributed by atoms with Crippen LogP contribution in [0.1, 0.15) is 139 Å². The third-order valence-electron chi connectivity index (χ3n) is 16.9. The molecule has 5 aromatic carbocycles. The molecule has 338 valence electrons. The molecule has 4 aliphatic carbocycles. The Morgan fingerprint density at radius 2 is 1.31 bits per heavy atom. The van der Waals surface area contributed by atoms with E-state index in [4.69, 9.17) is 18.9 Å². The van der Waals surface area contributed by atoms with Crippen LogP contribution in [0.25, 0.3) is 28.0 Å². The average molecular weight is 886 g/mol. The third kappa shape index (κ3) is 6.72. The second-order valence-corrected chi connectivity index (χ2v) is 23.7. The van der Waals surface area contributed by atoms with Gasteiger partial charge in [-0.15, -0.1) is 0 Å². The van der Waals surface area contributed by atoms with Gasteiger partial charge in [-0.3, -0.25) is 0 Å². The molecular weight excluding hydrogens is 819 g/mol. The quantitative estimate of drug-likeness (QED) is 0.169. The van der Waals surface area contributed by atoms with Crippen molar-refractivity contribution in [1.82, 2.24) is 0 Å². The fourth-order valence-corrected chi connectivity index (χ4v) is 16.6. The van der Waals surface area contributed by atoms with Crippen molar-refractivity contribution in [2.24, 2.45) is 22.7 Å². The van der Waals surface area contributed by atoms with E-state index in [0.29, 0.717) is 11.8 Å². The molecule has 1 unspecified atom stereocenters. The predicted molar refractivity (Wildman–Crippen MR) is 267 cm³/mol. The Hall–Kier alpha value is -4.39. The Morgan fingerprint density at radius 3 is 1.95 bits per heavy atom. The van der Waals surface area contributed by atoms with Crippen LogP contribution in [-0.2, 0) is 15.8 Å². The van der Waals surface area contributed by atoms with E-state index in [1.165, 1.54) is 114 Å². The highest BCUT2D eigenvalue weighted by atomic mass is 32.2. The summed E-state index contributed by atoms with van der Waals surface area (Å²) in [5.41, 5.74) is 9.66. The van der Waals surface area contributed by atoms with Crippen molar-refractivity contribution in [3.05, 3.63) is 119 Å². The molecule has 0 radical (unpaired) electrons. The molecule has 0 amide bonds. The second kappa shape index (κ2) is 15.6. The van der Waals surface area contributed by atoms with Crippen LogP contribution < -0.4 is 19.1 Å². The van der Waals surface area contributed by atoms with Gasteiger partial charge in [0, 0.05) is 58.1 Å². The average Bonchev–Trinajstić information content (AvgIpc) is 3.84. The minimum Gasteiger partial charge on any atom is -0.497 e. The number of ether oxygens (including phenoxy) is 4. The van der Waals surface area contributed by atoms with Gasteiger partial charge in [-0.2, -0.15) is 0 Å². The molecule has 3 saturated carbocycles. The zero-order valence-corrected chi connectivity index (χ0v) is 40.2. The van der Waals surface area contributed by atoms with Gasteiger partial charge in [-0.05, 0) is 126 Å². The summed E-state index contributed by atoms with van der Waals surface area (Å²) >= 11 is 2.11. The van der Waals surface area contributed by atoms with Crippen LogP contribution in [-0.4, -0.2) is 38.3 Å². The SMILES string of the molecule is COc1ccc(C2(c3ccc(N4CCOCC4)cc3)C=Cc3c4c(c5cc6c(cc5c3O2)OC(C2CCCCC2)(C2CCCCC2)S6)-c2ccccc2C42CC(C)(C)CC(C)(C)C2)cc1. The first kappa shape index (κ1) is 42.0. The summed E-state index contributed by atoms with van der Waals surface area (Å²) in [6.45, 7) is 13.4. The van der Waals surface area contributed by atoms with E-state index in [1.54, 1.807) is 7.11 Å². The smallest absolute Gasteiger partial charge is 0.178 e. The maximum absolute atomic E-state index is 8.05. The number of nitrogens with zero attached hydrogens (tertiary/aromatic N) is 1. The van der Waals surface area contributed by atoms with Crippen molar-refractivity contribution >= 4 is 34.3 Å². The van der Waals surface area contributed by atoms with Gasteiger partial charge in [-0.25, -0.2) is 0 Å². The number of anilines is 1. The van der Waals surface area contributed by atoms with Gasteiger partial charge in [0.05, 0.1) is 25.2 Å². The summed E-state index contributed by atoms with van der Waals surface area (Å²) in [7, 11) is 1.74. The highest BCUT2D eigenvalue weighted by molar-refractivity contribution is 8.01. The van der Waals surface area contributed by atoms with E-state index in [1.807, 2.05) is 0 Å². The molecule has 0 N–H and O–H groups in total. The number of hydrogen-bond donors (Lipinski definition) is 0. The van der Waals surface area contributed by atoms with Gasteiger partial charge >= 0.3 is 0 Å². The number of fused-ring (bicyclic) bond motifs is 11. The summed E-state index contributed by atoms with van der Waals surface area (Å²) < 4.78 is 27.2. The number of benzene rings is 5. The lowest BCUT2D eigenvalue weighted by Gasteiger charge is -2.52. The fraction of sp³-hybridized carbons (Fsp3) is 0.492. The zero-order chi connectivity index (χ0) is 44.2. The summed E-state index contributed by atoms with van der Waals surface area (Å²) in [6, 6.07) is 32.2. The highest BCUT2D eigenvalue weighted by Gasteiger charge is 2.57. The monoisotopic (exact) mass is 885 g/mol. The lowest BCUT2D eigenvalue weighted by Crippen LogP contribution is -2.47. The van der Waals surface area contributed by atoms with Crippen molar-refractivity contribution in [3.8, 4) is 28.4 Å². The molecule has 1 atom stereocenters. The van der Waals surface area contributed by atoms with Crippen molar-refractivity contribution < 1.29 is 18.9 Å². The summed E-state index contributed by atoms with van der Waals surface area (Å²) in [4.78, 5) is 3.54. The highest BCUT2D eigenvalue weighted by Crippen LogP contribution is 2.68. The Morgan fingerprint density at radius 1 is 0.677 bits per heavy atom. The first-order valence-corrected chi connectivity index (χ1v) is 26.0. The molecule has 12 rings (SSSR count). The maximum atomic E-state index is 8.05. The van der Waals surface area contributed by atoms with Crippen molar-refractivity contribution in [2.75, 3.05) is 38.3 Å². The normalized spacial score (nSPS) is 25.0. The standard InChI is InChI=1S/C59H67NO4S/c1-55(2)36-56(3,4)38-57(37-55)49-19-13-12-18-45(49)52-47-35-51-50(63-59(65-51,41-14-8-6-9-15-41)42-16-10-7-11-17-42)34-48(47)54-46(53(52)57)28-29-58(64-54,40-22-26-44(61-5)27-23-40)39-20-24-43(25-21-39)60-30-32-62-33-31-60/h12-13,18-29,34-35,41-42H,6-11,14-17,30-33,36-38H2,1-5H3. The lowest BCUT2D eigenvalue weighted by molar-refractivity contribution is 0.0132. The van der Waals surface area contributed by atoms with Crippen LogP contribution in [0.15, 0.2) is 95.9 Å². The summed E-state index contributed by atoms with van der Waals surface area (Å²) in [6.07, 6.45) is 21.3. The number of rotatable bonds is 6. The van der Waals surface area contributed by atoms with E-state index >= 15 is 0 Å². The van der Waals surface area contributed by atoms with Crippen LogP contribution in [0, 0.1) is 22.7 Å². The molecule has 1 saturated heterocycles. The van der Waals surface area contributed by atoms with Gasteiger partial charge in [-0.1, -0.05) is 133 Å². The molecule has 0 aromatic heterocycles. The van der Waals surface area contributed by atoms with Gasteiger partial charge in [0.25, 0.3) is 0 Å². The molecule has 3 heterocycles. The summed E-state index contributed by atoms with van der Waals surface area (Å²) in [5, 5.41) is 2.47. The van der Waals surface area contributed by atoms with Crippen molar-refractivity contribution in [3.63, 3.8) is 0 Å². The molecule has 4 fully saturated rings. The van der Waals surface area contributed by atoms with E-state index in [0.717, 1.165) is 72.9 Å². The molecular formula is C59H67NO4S. The van der Waals surface area contributed by atoms with Crippen molar-refractivity contribution in [1.29, 1.82) is 0 Å². The molecule has 6 heteroatoms. The predicted octanol–water partition coefficient (Wildman–Crippen LogP) is 14.9. The topological polar surface area (TPSA) is 40.2 Å². The van der Waals surface area contributed by atoms with Crippen molar-refractivity contribution in [2.45, 2.75) is 132 Å². The van der Waals surface area contributed by atoms with E-state index in [-0.39, 0.29) is 21.2 Å². The Labute approximate surface area is 391 Å². The van der Waals surface area contributed by atoms with Crippen LogP contribution in [0.4, 0.5) is 5.69 Å². The first-order valence-electron chi connectivity index (χ1n) is 25.1.